The monoisotopic (exact) mass is 245 g/mol. The summed E-state index contributed by atoms with van der Waals surface area (Å²) in [6, 6.07) is 8.31. The highest BCUT2D eigenvalue weighted by atomic mass is 16.5. The van der Waals surface area contributed by atoms with E-state index in [1.807, 2.05) is 13.1 Å². The summed E-state index contributed by atoms with van der Waals surface area (Å²) in [6.45, 7) is 2.61. The summed E-state index contributed by atoms with van der Waals surface area (Å²) in [7, 11) is 1.95. The van der Waals surface area contributed by atoms with Crippen molar-refractivity contribution in [1.29, 1.82) is 0 Å². The minimum absolute atomic E-state index is 0.346. The molecule has 0 spiro atoms. The fourth-order valence-corrected chi connectivity index (χ4v) is 2.61. The van der Waals surface area contributed by atoms with Gasteiger partial charge >= 0.3 is 0 Å². The first kappa shape index (κ1) is 11.7. The van der Waals surface area contributed by atoms with Gasteiger partial charge in [0.15, 0.2) is 0 Å². The average molecular weight is 245 g/mol. The van der Waals surface area contributed by atoms with E-state index in [1.54, 1.807) is 0 Å². The third kappa shape index (κ3) is 2.13. The van der Waals surface area contributed by atoms with E-state index < -0.39 is 0 Å². The topological polar surface area (TPSA) is 39.1 Å². The number of aromatic nitrogens is 2. The molecule has 0 amide bonds. The molecule has 1 aromatic heterocycles. The molecule has 4 heteroatoms. The van der Waals surface area contributed by atoms with E-state index in [0.29, 0.717) is 6.10 Å². The molecule has 1 aliphatic rings. The summed E-state index contributed by atoms with van der Waals surface area (Å²) in [4.78, 5) is 4.69. The lowest BCUT2D eigenvalue weighted by molar-refractivity contribution is 0.0971. The smallest absolute Gasteiger partial charge is 0.123 e. The molecule has 1 saturated heterocycles. The summed E-state index contributed by atoms with van der Waals surface area (Å²) >= 11 is 0. The quantitative estimate of drug-likeness (QED) is 0.894. The van der Waals surface area contributed by atoms with E-state index in [0.717, 1.165) is 37.5 Å². The standard InChI is InChI=1S/C14H19N3O/c1-15-9-14-16-12-6-2-3-7-13(12)17(14)10-11-5-4-8-18-11/h2-3,6-7,11,15H,4-5,8-10H2,1H3. The van der Waals surface area contributed by atoms with E-state index in [2.05, 4.69) is 33.1 Å². The Kier molecular flexibility index (Phi) is 3.30. The third-order valence-electron chi connectivity index (χ3n) is 3.48. The van der Waals surface area contributed by atoms with Crippen molar-refractivity contribution < 1.29 is 4.74 Å². The van der Waals surface area contributed by atoms with Crippen molar-refractivity contribution in [1.82, 2.24) is 14.9 Å². The number of nitrogens with one attached hydrogen (secondary N) is 1. The van der Waals surface area contributed by atoms with Gasteiger partial charge in [-0.3, -0.25) is 0 Å². The lowest BCUT2D eigenvalue weighted by Gasteiger charge is -2.14. The molecule has 1 aliphatic heterocycles. The van der Waals surface area contributed by atoms with Crippen LogP contribution in [0.15, 0.2) is 24.3 Å². The summed E-state index contributed by atoms with van der Waals surface area (Å²) in [5.41, 5.74) is 2.28. The van der Waals surface area contributed by atoms with Gasteiger partial charge in [-0.15, -0.1) is 0 Å². The first-order valence-electron chi connectivity index (χ1n) is 6.59. The Morgan fingerprint density at radius 1 is 1.44 bits per heavy atom. The molecule has 1 unspecified atom stereocenters. The third-order valence-corrected chi connectivity index (χ3v) is 3.48. The van der Waals surface area contributed by atoms with Gasteiger partial charge in [-0.05, 0) is 32.0 Å². The molecule has 0 saturated carbocycles. The molecule has 96 valence electrons. The Labute approximate surface area is 107 Å². The number of fused-ring (bicyclic) bond motifs is 1. The second-order valence-electron chi connectivity index (χ2n) is 4.79. The van der Waals surface area contributed by atoms with Crippen molar-refractivity contribution in [3.8, 4) is 0 Å². The Morgan fingerprint density at radius 2 is 2.33 bits per heavy atom. The minimum Gasteiger partial charge on any atom is -0.376 e. The fourth-order valence-electron chi connectivity index (χ4n) is 2.61. The molecule has 2 heterocycles. The number of benzene rings is 1. The maximum atomic E-state index is 5.74. The average Bonchev–Trinajstić information content (AvgIpc) is 3.00. The van der Waals surface area contributed by atoms with Crippen LogP contribution in [0.1, 0.15) is 18.7 Å². The normalized spacial score (nSPS) is 19.7. The molecule has 1 N–H and O–H groups in total. The van der Waals surface area contributed by atoms with Crippen molar-refractivity contribution in [3.63, 3.8) is 0 Å². The number of nitrogens with zero attached hydrogens (tertiary/aromatic N) is 2. The Hall–Kier alpha value is -1.39. The van der Waals surface area contributed by atoms with Crippen LogP contribution < -0.4 is 5.32 Å². The second kappa shape index (κ2) is 5.08. The number of rotatable bonds is 4. The molecular formula is C14H19N3O. The molecular weight excluding hydrogens is 226 g/mol. The maximum Gasteiger partial charge on any atom is 0.123 e. The first-order valence-corrected chi connectivity index (χ1v) is 6.59. The van der Waals surface area contributed by atoms with Crippen molar-refractivity contribution >= 4 is 11.0 Å². The molecule has 1 atom stereocenters. The predicted octanol–water partition coefficient (Wildman–Crippen LogP) is 1.93. The lowest BCUT2D eigenvalue weighted by atomic mass is 10.2. The summed E-state index contributed by atoms with van der Waals surface area (Å²) in [5, 5.41) is 3.19. The maximum absolute atomic E-state index is 5.74. The van der Waals surface area contributed by atoms with Gasteiger partial charge in [0.1, 0.15) is 5.82 Å². The zero-order chi connectivity index (χ0) is 12.4. The van der Waals surface area contributed by atoms with Crippen LogP contribution in [0.25, 0.3) is 11.0 Å². The lowest BCUT2D eigenvalue weighted by Crippen LogP contribution is -2.19. The number of hydrogen-bond acceptors (Lipinski definition) is 3. The van der Waals surface area contributed by atoms with Crippen LogP contribution in [0.4, 0.5) is 0 Å². The van der Waals surface area contributed by atoms with Crippen LogP contribution >= 0.6 is 0 Å². The molecule has 2 aromatic rings. The number of ether oxygens (including phenoxy) is 1. The fraction of sp³-hybridized carbons (Fsp3) is 0.500. The van der Waals surface area contributed by atoms with Crippen LogP contribution in [0.2, 0.25) is 0 Å². The number of para-hydroxylation sites is 2. The van der Waals surface area contributed by atoms with E-state index in [1.165, 1.54) is 11.9 Å². The van der Waals surface area contributed by atoms with Crippen molar-refractivity contribution in [3.05, 3.63) is 30.1 Å². The van der Waals surface area contributed by atoms with E-state index in [-0.39, 0.29) is 0 Å². The van der Waals surface area contributed by atoms with Crippen LogP contribution in [-0.4, -0.2) is 29.3 Å². The van der Waals surface area contributed by atoms with Crippen LogP contribution in [0, 0.1) is 0 Å². The van der Waals surface area contributed by atoms with E-state index in [4.69, 9.17) is 4.74 Å². The Bertz CT molecular complexity index is 529. The van der Waals surface area contributed by atoms with Crippen LogP contribution in [0.3, 0.4) is 0 Å². The van der Waals surface area contributed by atoms with E-state index >= 15 is 0 Å². The molecule has 0 bridgehead atoms. The van der Waals surface area contributed by atoms with Gasteiger partial charge in [0.25, 0.3) is 0 Å². The van der Waals surface area contributed by atoms with Crippen molar-refractivity contribution in [2.24, 2.45) is 0 Å². The SMILES string of the molecule is CNCc1nc2ccccc2n1CC1CCCO1. The Balaban J connectivity index is 1.97. The molecule has 0 aliphatic carbocycles. The largest absolute Gasteiger partial charge is 0.376 e. The zero-order valence-electron chi connectivity index (χ0n) is 10.7. The molecule has 18 heavy (non-hydrogen) atoms. The predicted molar refractivity (Wildman–Crippen MR) is 71.5 cm³/mol. The first-order chi connectivity index (χ1) is 8.88. The van der Waals surface area contributed by atoms with Gasteiger partial charge in [0.2, 0.25) is 0 Å². The van der Waals surface area contributed by atoms with Gasteiger partial charge < -0.3 is 14.6 Å². The molecule has 0 radical (unpaired) electrons. The highest BCUT2D eigenvalue weighted by molar-refractivity contribution is 5.75. The minimum atomic E-state index is 0.346. The van der Waals surface area contributed by atoms with Gasteiger partial charge in [-0.2, -0.15) is 0 Å². The molecule has 4 nitrogen and oxygen atoms in total. The van der Waals surface area contributed by atoms with Gasteiger partial charge in [-0.25, -0.2) is 4.98 Å². The van der Waals surface area contributed by atoms with Gasteiger partial charge in [0.05, 0.1) is 30.2 Å². The highest BCUT2D eigenvalue weighted by Gasteiger charge is 2.19. The molecule has 1 fully saturated rings. The van der Waals surface area contributed by atoms with Gasteiger partial charge in [0, 0.05) is 6.61 Å². The summed E-state index contributed by atoms with van der Waals surface area (Å²) < 4.78 is 8.03. The molecule has 3 rings (SSSR count). The number of hydrogen-bond donors (Lipinski definition) is 1. The van der Waals surface area contributed by atoms with Crippen molar-refractivity contribution in [2.75, 3.05) is 13.7 Å². The summed E-state index contributed by atoms with van der Waals surface area (Å²) in [6.07, 6.45) is 2.68. The zero-order valence-corrected chi connectivity index (χ0v) is 10.7. The molecule has 1 aromatic carbocycles. The van der Waals surface area contributed by atoms with Gasteiger partial charge in [-0.1, -0.05) is 12.1 Å². The number of imidazole rings is 1. The second-order valence-corrected chi connectivity index (χ2v) is 4.79. The Morgan fingerprint density at radius 3 is 3.11 bits per heavy atom. The van der Waals surface area contributed by atoms with Crippen molar-refractivity contribution in [2.45, 2.75) is 32.0 Å². The highest BCUT2D eigenvalue weighted by Crippen LogP contribution is 2.20. The summed E-state index contributed by atoms with van der Waals surface area (Å²) in [5.74, 6) is 1.09. The van der Waals surface area contributed by atoms with Crippen LogP contribution in [0.5, 0.6) is 0 Å². The van der Waals surface area contributed by atoms with Crippen LogP contribution in [-0.2, 0) is 17.8 Å². The van der Waals surface area contributed by atoms with E-state index in [9.17, 15) is 0 Å².